The number of sulfonamides is 1. The summed E-state index contributed by atoms with van der Waals surface area (Å²) in [6.07, 6.45) is 1.67. The predicted octanol–water partition coefficient (Wildman–Crippen LogP) is 3.43. The summed E-state index contributed by atoms with van der Waals surface area (Å²) in [4.78, 5) is 0. The van der Waals surface area contributed by atoms with E-state index in [0.29, 0.717) is 22.3 Å². The Kier molecular flexibility index (Phi) is 3.63. The average Bonchev–Trinajstić information content (AvgIpc) is 2.78. The summed E-state index contributed by atoms with van der Waals surface area (Å²) in [5.41, 5.74) is 8.86. The fourth-order valence-electron chi connectivity index (χ4n) is 2.48. The van der Waals surface area contributed by atoms with Crippen LogP contribution in [0, 0.1) is 6.92 Å². The van der Waals surface area contributed by atoms with E-state index in [-0.39, 0.29) is 4.21 Å². The van der Waals surface area contributed by atoms with Crippen LogP contribution >= 0.6 is 22.9 Å². The number of benzene rings is 1. The van der Waals surface area contributed by atoms with Crippen molar-refractivity contribution in [1.82, 2.24) is 0 Å². The van der Waals surface area contributed by atoms with Crippen LogP contribution in [0.3, 0.4) is 0 Å². The van der Waals surface area contributed by atoms with E-state index in [0.717, 1.165) is 35.3 Å². The maximum Gasteiger partial charge on any atom is 0.273 e. The van der Waals surface area contributed by atoms with E-state index in [9.17, 15) is 8.42 Å². The molecule has 0 saturated heterocycles. The van der Waals surface area contributed by atoms with E-state index in [1.165, 1.54) is 4.31 Å². The van der Waals surface area contributed by atoms with Gasteiger partial charge in [0.1, 0.15) is 4.21 Å². The fraction of sp³-hybridized carbons (Fsp3) is 0.286. The van der Waals surface area contributed by atoms with Crippen LogP contribution in [0.5, 0.6) is 0 Å². The number of fused-ring (bicyclic) bond motifs is 1. The number of hydrogen-bond donors (Lipinski definition) is 1. The first-order valence-electron chi connectivity index (χ1n) is 6.56. The standard InChI is InChI=1S/C14H15ClN2O2S2/c1-9-7-13(20-14(9)15)21(18,19)17-6-2-3-10-4-5-11(16)8-12(10)17/h4-5,7-8H,2-3,6,16H2,1H3. The van der Waals surface area contributed by atoms with Gasteiger partial charge in [0.25, 0.3) is 10.0 Å². The molecule has 21 heavy (non-hydrogen) atoms. The molecule has 7 heteroatoms. The molecule has 0 amide bonds. The topological polar surface area (TPSA) is 63.4 Å². The third kappa shape index (κ3) is 2.52. The van der Waals surface area contributed by atoms with Crippen LogP contribution in [-0.4, -0.2) is 15.0 Å². The van der Waals surface area contributed by atoms with E-state index < -0.39 is 10.0 Å². The van der Waals surface area contributed by atoms with Gasteiger partial charge in [-0.1, -0.05) is 17.7 Å². The van der Waals surface area contributed by atoms with Crippen molar-refractivity contribution >= 4 is 44.3 Å². The van der Waals surface area contributed by atoms with Crippen LogP contribution in [0.25, 0.3) is 0 Å². The Morgan fingerprint density at radius 3 is 2.76 bits per heavy atom. The molecule has 0 bridgehead atoms. The molecule has 1 aliphatic rings. The third-order valence-electron chi connectivity index (χ3n) is 3.56. The van der Waals surface area contributed by atoms with Gasteiger partial charge in [-0.3, -0.25) is 4.31 Å². The molecular formula is C14H15ClN2O2S2. The summed E-state index contributed by atoms with van der Waals surface area (Å²) in [6, 6.07) is 7.07. The molecule has 1 aromatic heterocycles. The lowest BCUT2D eigenvalue weighted by atomic mass is 10.0. The summed E-state index contributed by atoms with van der Waals surface area (Å²) >= 11 is 7.11. The summed E-state index contributed by atoms with van der Waals surface area (Å²) in [6.45, 7) is 2.27. The molecule has 0 unspecified atom stereocenters. The molecule has 2 heterocycles. The first-order valence-corrected chi connectivity index (χ1v) is 9.20. The summed E-state index contributed by atoms with van der Waals surface area (Å²) in [7, 11) is -3.58. The van der Waals surface area contributed by atoms with Crippen LogP contribution in [0.15, 0.2) is 28.5 Å². The molecule has 2 N–H and O–H groups in total. The average molecular weight is 343 g/mol. The van der Waals surface area contributed by atoms with Gasteiger partial charge in [-0.25, -0.2) is 8.42 Å². The van der Waals surface area contributed by atoms with Crippen molar-refractivity contribution in [3.05, 3.63) is 39.7 Å². The van der Waals surface area contributed by atoms with E-state index >= 15 is 0 Å². The number of nitrogen functional groups attached to an aromatic ring is 1. The number of hydrogen-bond acceptors (Lipinski definition) is 4. The highest BCUT2D eigenvalue weighted by molar-refractivity contribution is 7.94. The molecule has 0 radical (unpaired) electrons. The smallest absolute Gasteiger partial charge is 0.273 e. The van der Waals surface area contributed by atoms with Crippen molar-refractivity contribution in [3.63, 3.8) is 0 Å². The van der Waals surface area contributed by atoms with Gasteiger partial charge in [0.05, 0.1) is 10.0 Å². The Bertz CT molecular complexity index is 780. The Balaban J connectivity index is 2.11. The zero-order valence-corrected chi connectivity index (χ0v) is 13.9. The third-order valence-corrected chi connectivity index (χ3v) is 7.38. The second kappa shape index (κ2) is 5.19. The summed E-state index contributed by atoms with van der Waals surface area (Å²) < 4.78 is 28.0. The number of thiophene rings is 1. The normalized spacial score (nSPS) is 15.0. The van der Waals surface area contributed by atoms with Gasteiger partial charge in [0, 0.05) is 12.2 Å². The largest absolute Gasteiger partial charge is 0.399 e. The molecule has 0 fully saturated rings. The maximum atomic E-state index is 12.9. The molecule has 2 aromatic rings. The van der Waals surface area contributed by atoms with Gasteiger partial charge in [-0.05, 0) is 49.1 Å². The lowest BCUT2D eigenvalue weighted by molar-refractivity contribution is 0.588. The second-order valence-corrected chi connectivity index (χ2v) is 8.83. The van der Waals surface area contributed by atoms with Crippen LogP contribution in [-0.2, 0) is 16.4 Å². The van der Waals surface area contributed by atoms with E-state index in [1.807, 2.05) is 6.07 Å². The maximum absolute atomic E-state index is 12.9. The number of rotatable bonds is 2. The van der Waals surface area contributed by atoms with Gasteiger partial charge in [0.2, 0.25) is 0 Å². The van der Waals surface area contributed by atoms with Gasteiger partial charge in [-0.15, -0.1) is 11.3 Å². The molecule has 3 rings (SSSR count). The molecular weight excluding hydrogens is 328 g/mol. The van der Waals surface area contributed by atoms with Gasteiger partial charge < -0.3 is 5.73 Å². The molecule has 0 saturated carbocycles. The van der Waals surface area contributed by atoms with Crippen molar-refractivity contribution in [2.45, 2.75) is 24.0 Å². The molecule has 0 aliphatic carbocycles. The van der Waals surface area contributed by atoms with Crippen LogP contribution < -0.4 is 10.0 Å². The highest BCUT2D eigenvalue weighted by Crippen LogP contribution is 2.37. The Labute approximate surface area is 133 Å². The lowest BCUT2D eigenvalue weighted by Gasteiger charge is -2.30. The minimum atomic E-state index is -3.58. The number of halogens is 1. The zero-order valence-electron chi connectivity index (χ0n) is 11.5. The molecule has 0 spiro atoms. The molecule has 0 atom stereocenters. The minimum Gasteiger partial charge on any atom is -0.399 e. The monoisotopic (exact) mass is 342 g/mol. The number of anilines is 2. The van der Waals surface area contributed by atoms with Crippen molar-refractivity contribution in [1.29, 1.82) is 0 Å². The number of aryl methyl sites for hydroxylation is 2. The second-order valence-electron chi connectivity index (χ2n) is 5.09. The Morgan fingerprint density at radius 1 is 1.33 bits per heavy atom. The van der Waals surface area contributed by atoms with Crippen molar-refractivity contribution < 1.29 is 8.42 Å². The minimum absolute atomic E-state index is 0.278. The quantitative estimate of drug-likeness (QED) is 0.850. The van der Waals surface area contributed by atoms with Crippen molar-refractivity contribution in [3.8, 4) is 0 Å². The summed E-state index contributed by atoms with van der Waals surface area (Å²) in [5.74, 6) is 0. The van der Waals surface area contributed by atoms with Crippen LogP contribution in [0.1, 0.15) is 17.5 Å². The van der Waals surface area contributed by atoms with E-state index in [1.54, 1.807) is 25.1 Å². The van der Waals surface area contributed by atoms with Crippen molar-refractivity contribution in [2.75, 3.05) is 16.6 Å². The number of nitrogens with zero attached hydrogens (tertiary/aromatic N) is 1. The highest BCUT2D eigenvalue weighted by atomic mass is 35.5. The highest BCUT2D eigenvalue weighted by Gasteiger charge is 2.30. The Hall–Kier alpha value is -1.24. The molecule has 112 valence electrons. The SMILES string of the molecule is Cc1cc(S(=O)(=O)N2CCCc3ccc(N)cc32)sc1Cl. The summed E-state index contributed by atoms with van der Waals surface area (Å²) in [5, 5.41) is 0. The Morgan fingerprint density at radius 2 is 2.10 bits per heavy atom. The first kappa shape index (κ1) is 14.7. The van der Waals surface area contributed by atoms with E-state index in [4.69, 9.17) is 17.3 Å². The van der Waals surface area contributed by atoms with Crippen molar-refractivity contribution in [2.24, 2.45) is 0 Å². The van der Waals surface area contributed by atoms with Crippen LogP contribution in [0.4, 0.5) is 11.4 Å². The van der Waals surface area contributed by atoms with Crippen LogP contribution in [0.2, 0.25) is 4.34 Å². The van der Waals surface area contributed by atoms with E-state index in [2.05, 4.69) is 0 Å². The van der Waals surface area contributed by atoms with Gasteiger partial charge in [-0.2, -0.15) is 0 Å². The molecule has 4 nitrogen and oxygen atoms in total. The van der Waals surface area contributed by atoms with Gasteiger partial charge >= 0.3 is 0 Å². The predicted molar refractivity (Wildman–Crippen MR) is 87.8 cm³/mol. The zero-order chi connectivity index (χ0) is 15.2. The first-order chi connectivity index (χ1) is 9.89. The fourth-order valence-corrected chi connectivity index (χ4v) is 5.83. The number of nitrogens with two attached hydrogens (primary N) is 1. The lowest BCUT2D eigenvalue weighted by Crippen LogP contribution is -2.35. The molecule has 1 aromatic carbocycles. The molecule has 1 aliphatic heterocycles. The van der Waals surface area contributed by atoms with Gasteiger partial charge in [0.15, 0.2) is 0 Å².